The molecule has 0 aromatic heterocycles. The summed E-state index contributed by atoms with van der Waals surface area (Å²) in [6, 6.07) is 0. The quantitative estimate of drug-likeness (QED) is 0.759. The van der Waals surface area contributed by atoms with E-state index in [0.717, 1.165) is 26.0 Å². The van der Waals surface area contributed by atoms with Crippen molar-refractivity contribution in [2.45, 2.75) is 46.3 Å². The van der Waals surface area contributed by atoms with Gasteiger partial charge >= 0.3 is 0 Å². The fourth-order valence-electron chi connectivity index (χ4n) is 2.79. The molecule has 0 aromatic rings. The van der Waals surface area contributed by atoms with E-state index >= 15 is 0 Å². The second kappa shape index (κ2) is 4.87. The monoisotopic (exact) mass is 240 g/mol. The van der Waals surface area contributed by atoms with Crippen LogP contribution in [0.2, 0.25) is 0 Å². The van der Waals surface area contributed by atoms with E-state index in [0.29, 0.717) is 11.3 Å². The molecule has 0 radical (unpaired) electrons. The van der Waals surface area contributed by atoms with Gasteiger partial charge in [0.15, 0.2) is 0 Å². The van der Waals surface area contributed by atoms with E-state index in [-0.39, 0.29) is 5.72 Å². The number of nitrogens with one attached hydrogen (secondary N) is 1. The standard InChI is InChI=1S/C14H28N2O/c1-5-16-8-6-14(7-9-16)15-10-12(11-17-14)13(2,3)4/h12,15H,5-11H2,1-4H3. The highest BCUT2D eigenvalue weighted by molar-refractivity contribution is 4.91. The Labute approximate surface area is 106 Å². The van der Waals surface area contributed by atoms with Crippen molar-refractivity contribution in [3.63, 3.8) is 0 Å². The molecule has 0 saturated carbocycles. The van der Waals surface area contributed by atoms with E-state index < -0.39 is 0 Å². The second-order valence-electron chi connectivity index (χ2n) is 6.68. The van der Waals surface area contributed by atoms with Gasteiger partial charge in [0.1, 0.15) is 5.72 Å². The van der Waals surface area contributed by atoms with E-state index in [9.17, 15) is 0 Å². The Morgan fingerprint density at radius 2 is 1.94 bits per heavy atom. The highest BCUT2D eigenvalue weighted by Crippen LogP contribution is 2.33. The SMILES string of the molecule is CCN1CCC2(CC1)NCC(C(C)(C)C)CO2. The topological polar surface area (TPSA) is 24.5 Å². The van der Waals surface area contributed by atoms with Gasteiger partial charge in [-0.2, -0.15) is 0 Å². The van der Waals surface area contributed by atoms with Crippen LogP contribution in [0, 0.1) is 11.3 Å². The molecule has 0 aromatic carbocycles. The molecular formula is C14H28N2O. The highest BCUT2D eigenvalue weighted by Gasteiger charge is 2.41. The average molecular weight is 240 g/mol. The van der Waals surface area contributed by atoms with E-state index in [1.54, 1.807) is 0 Å². The lowest BCUT2D eigenvalue weighted by atomic mass is 9.79. The molecule has 2 heterocycles. The molecule has 3 heteroatoms. The molecule has 2 aliphatic heterocycles. The lowest BCUT2D eigenvalue weighted by molar-refractivity contribution is -0.156. The zero-order chi connectivity index (χ0) is 12.5. The minimum absolute atomic E-state index is 0.00653. The molecule has 2 rings (SSSR count). The fourth-order valence-corrected chi connectivity index (χ4v) is 2.79. The van der Waals surface area contributed by atoms with Crippen molar-refractivity contribution >= 4 is 0 Å². The number of hydrogen-bond acceptors (Lipinski definition) is 3. The Hall–Kier alpha value is -0.120. The summed E-state index contributed by atoms with van der Waals surface area (Å²) in [6.45, 7) is 14.7. The van der Waals surface area contributed by atoms with Crippen LogP contribution in [0.3, 0.4) is 0 Å². The van der Waals surface area contributed by atoms with Crippen LogP contribution >= 0.6 is 0 Å². The Bertz CT molecular complexity index is 241. The Morgan fingerprint density at radius 1 is 1.29 bits per heavy atom. The third kappa shape index (κ3) is 3.01. The minimum atomic E-state index is -0.00653. The van der Waals surface area contributed by atoms with Crippen molar-refractivity contribution in [2.24, 2.45) is 11.3 Å². The molecule has 0 bridgehead atoms. The van der Waals surface area contributed by atoms with Gasteiger partial charge in [-0.3, -0.25) is 5.32 Å². The van der Waals surface area contributed by atoms with E-state index in [4.69, 9.17) is 4.74 Å². The fraction of sp³-hybridized carbons (Fsp3) is 1.00. The molecule has 3 nitrogen and oxygen atoms in total. The number of nitrogens with zero attached hydrogens (tertiary/aromatic N) is 1. The van der Waals surface area contributed by atoms with Gasteiger partial charge in [0, 0.05) is 32.5 Å². The van der Waals surface area contributed by atoms with Crippen LogP contribution in [0.1, 0.15) is 40.5 Å². The molecule has 2 fully saturated rings. The highest BCUT2D eigenvalue weighted by atomic mass is 16.5. The lowest BCUT2D eigenvalue weighted by Crippen LogP contribution is -2.61. The number of likely N-dealkylation sites (tertiary alicyclic amines) is 1. The van der Waals surface area contributed by atoms with Gasteiger partial charge in [0.25, 0.3) is 0 Å². The molecule has 1 unspecified atom stereocenters. The van der Waals surface area contributed by atoms with Gasteiger partial charge in [0.2, 0.25) is 0 Å². The minimum Gasteiger partial charge on any atom is -0.360 e. The predicted molar refractivity (Wildman–Crippen MR) is 71.0 cm³/mol. The summed E-state index contributed by atoms with van der Waals surface area (Å²) in [7, 11) is 0. The molecule has 2 saturated heterocycles. The molecule has 0 aliphatic carbocycles. The van der Waals surface area contributed by atoms with Crippen molar-refractivity contribution in [2.75, 3.05) is 32.8 Å². The molecule has 0 amide bonds. The van der Waals surface area contributed by atoms with Gasteiger partial charge < -0.3 is 9.64 Å². The average Bonchev–Trinajstić information content (AvgIpc) is 2.29. The third-order valence-electron chi connectivity index (χ3n) is 4.57. The summed E-state index contributed by atoms with van der Waals surface area (Å²) < 4.78 is 6.20. The zero-order valence-electron chi connectivity index (χ0n) is 11.9. The zero-order valence-corrected chi connectivity index (χ0v) is 11.9. The van der Waals surface area contributed by atoms with Crippen LogP contribution in [-0.2, 0) is 4.74 Å². The van der Waals surface area contributed by atoms with Gasteiger partial charge in [-0.25, -0.2) is 0 Å². The first kappa shape index (κ1) is 13.3. The van der Waals surface area contributed by atoms with Crippen molar-refractivity contribution < 1.29 is 4.74 Å². The Balaban J connectivity index is 1.87. The predicted octanol–water partition coefficient (Wildman–Crippen LogP) is 2.08. The maximum absolute atomic E-state index is 6.20. The normalized spacial score (nSPS) is 30.7. The summed E-state index contributed by atoms with van der Waals surface area (Å²) in [5.74, 6) is 0.636. The van der Waals surface area contributed by atoms with Crippen molar-refractivity contribution in [3.05, 3.63) is 0 Å². The largest absolute Gasteiger partial charge is 0.360 e. The van der Waals surface area contributed by atoms with Crippen molar-refractivity contribution in [3.8, 4) is 0 Å². The first-order valence-corrected chi connectivity index (χ1v) is 7.06. The van der Waals surface area contributed by atoms with E-state index in [1.165, 1.54) is 19.6 Å². The van der Waals surface area contributed by atoms with Crippen LogP contribution < -0.4 is 5.32 Å². The molecule has 1 N–H and O–H groups in total. The summed E-state index contributed by atoms with van der Waals surface area (Å²) in [5.41, 5.74) is 0.339. The first-order chi connectivity index (χ1) is 7.95. The molecule has 1 spiro atoms. The second-order valence-corrected chi connectivity index (χ2v) is 6.68. The Kier molecular flexibility index (Phi) is 3.81. The summed E-state index contributed by atoms with van der Waals surface area (Å²) in [4.78, 5) is 2.51. The van der Waals surface area contributed by atoms with Crippen molar-refractivity contribution in [1.29, 1.82) is 0 Å². The molecule has 17 heavy (non-hydrogen) atoms. The maximum Gasteiger partial charge on any atom is 0.121 e. The summed E-state index contributed by atoms with van der Waals surface area (Å²) >= 11 is 0. The number of ether oxygens (including phenoxy) is 1. The van der Waals surface area contributed by atoms with Gasteiger partial charge in [-0.1, -0.05) is 27.7 Å². The number of rotatable bonds is 1. The van der Waals surface area contributed by atoms with E-state index in [1.807, 2.05) is 0 Å². The molecule has 2 aliphatic rings. The molecule has 100 valence electrons. The van der Waals surface area contributed by atoms with Crippen LogP contribution in [0.4, 0.5) is 0 Å². The summed E-state index contributed by atoms with van der Waals surface area (Å²) in [5, 5.41) is 3.69. The summed E-state index contributed by atoms with van der Waals surface area (Å²) in [6.07, 6.45) is 2.27. The first-order valence-electron chi connectivity index (χ1n) is 7.06. The number of hydrogen-bond donors (Lipinski definition) is 1. The van der Waals surface area contributed by atoms with Gasteiger partial charge in [-0.05, 0) is 17.9 Å². The van der Waals surface area contributed by atoms with Crippen LogP contribution in [0.15, 0.2) is 0 Å². The van der Waals surface area contributed by atoms with Gasteiger partial charge in [-0.15, -0.1) is 0 Å². The van der Waals surface area contributed by atoms with Crippen molar-refractivity contribution in [1.82, 2.24) is 10.2 Å². The molecule has 1 atom stereocenters. The smallest absolute Gasteiger partial charge is 0.121 e. The third-order valence-corrected chi connectivity index (χ3v) is 4.57. The van der Waals surface area contributed by atoms with Crippen LogP contribution in [-0.4, -0.2) is 43.4 Å². The van der Waals surface area contributed by atoms with Gasteiger partial charge in [0.05, 0.1) is 6.61 Å². The van der Waals surface area contributed by atoms with Crippen LogP contribution in [0.25, 0.3) is 0 Å². The molecular weight excluding hydrogens is 212 g/mol. The Morgan fingerprint density at radius 3 is 2.35 bits per heavy atom. The maximum atomic E-state index is 6.20. The van der Waals surface area contributed by atoms with E-state index in [2.05, 4.69) is 37.9 Å². The number of piperidine rings is 1. The van der Waals surface area contributed by atoms with Crippen LogP contribution in [0.5, 0.6) is 0 Å². The lowest BCUT2D eigenvalue weighted by Gasteiger charge is -2.48.